The number of piperazine rings is 1. The van der Waals surface area contributed by atoms with Crippen molar-refractivity contribution in [1.82, 2.24) is 19.6 Å². The van der Waals surface area contributed by atoms with Crippen LogP contribution in [0.4, 0.5) is 10.2 Å². The highest BCUT2D eigenvalue weighted by molar-refractivity contribution is 6.31. The predicted octanol–water partition coefficient (Wildman–Crippen LogP) is 3.40. The van der Waals surface area contributed by atoms with Gasteiger partial charge in [-0.2, -0.15) is 5.10 Å². The molecule has 1 aliphatic rings. The van der Waals surface area contributed by atoms with Crippen molar-refractivity contribution in [2.24, 2.45) is 0 Å². The summed E-state index contributed by atoms with van der Waals surface area (Å²) in [5.41, 5.74) is 0.921. The molecule has 0 bridgehead atoms. The molecule has 0 saturated carbocycles. The van der Waals surface area contributed by atoms with Crippen molar-refractivity contribution in [3.8, 4) is 0 Å². The Hall–Kier alpha value is -1.96. The number of nitrogens with zero attached hydrogens (tertiary/aromatic N) is 4. The topological polar surface area (TPSA) is 53.4 Å². The zero-order chi connectivity index (χ0) is 20.3. The summed E-state index contributed by atoms with van der Waals surface area (Å²) in [7, 11) is 0. The van der Waals surface area contributed by atoms with Crippen molar-refractivity contribution < 1.29 is 9.18 Å². The van der Waals surface area contributed by atoms with Gasteiger partial charge in [0, 0.05) is 49.9 Å². The van der Waals surface area contributed by atoms with Crippen LogP contribution in [0.1, 0.15) is 32.4 Å². The van der Waals surface area contributed by atoms with E-state index in [1.165, 1.54) is 12.1 Å². The fraction of sp³-hybridized carbons (Fsp3) is 0.500. The van der Waals surface area contributed by atoms with Crippen molar-refractivity contribution in [2.45, 2.75) is 39.4 Å². The van der Waals surface area contributed by atoms with Crippen LogP contribution in [0.25, 0.3) is 0 Å². The Kier molecular flexibility index (Phi) is 6.69. The molecular formula is C20H27ClFN5O. The molecule has 2 heterocycles. The summed E-state index contributed by atoms with van der Waals surface area (Å²) in [4.78, 5) is 17.1. The summed E-state index contributed by atoms with van der Waals surface area (Å²) >= 11 is 6.13. The largest absolute Gasteiger partial charge is 0.310 e. The highest BCUT2D eigenvalue weighted by atomic mass is 35.5. The molecule has 0 aliphatic carbocycles. The van der Waals surface area contributed by atoms with E-state index in [0.717, 1.165) is 37.6 Å². The van der Waals surface area contributed by atoms with E-state index in [0.29, 0.717) is 11.6 Å². The first kappa shape index (κ1) is 20.8. The van der Waals surface area contributed by atoms with Gasteiger partial charge in [0.1, 0.15) is 11.6 Å². The van der Waals surface area contributed by atoms with Crippen LogP contribution in [0, 0.1) is 5.82 Å². The predicted molar refractivity (Wildman–Crippen MR) is 109 cm³/mol. The normalized spacial score (nSPS) is 17.1. The minimum Gasteiger partial charge on any atom is -0.310 e. The summed E-state index contributed by atoms with van der Waals surface area (Å²) in [6.07, 6.45) is 1.69. The Balaban J connectivity index is 1.52. The van der Waals surface area contributed by atoms with Gasteiger partial charge in [-0.3, -0.25) is 14.6 Å². The second-order valence-electron chi connectivity index (χ2n) is 7.47. The van der Waals surface area contributed by atoms with Gasteiger partial charge in [0.05, 0.1) is 12.2 Å². The molecule has 1 saturated heterocycles. The molecule has 8 heteroatoms. The molecule has 1 unspecified atom stereocenters. The fourth-order valence-electron chi connectivity index (χ4n) is 3.42. The summed E-state index contributed by atoms with van der Waals surface area (Å²) in [5.74, 6) is 0.367. The lowest BCUT2D eigenvalue weighted by Gasteiger charge is -2.37. The van der Waals surface area contributed by atoms with Gasteiger partial charge in [0.15, 0.2) is 0 Å². The van der Waals surface area contributed by atoms with E-state index in [9.17, 15) is 9.18 Å². The maximum Gasteiger partial charge on any atom is 0.242 e. The Morgan fingerprint density at radius 3 is 2.57 bits per heavy atom. The SMILES string of the molecule is CC(C(=O)Nc1ccnn1C(C)C)N1CCN(Cc2ccc(F)cc2Cl)CC1. The van der Waals surface area contributed by atoms with Crippen LogP contribution < -0.4 is 5.32 Å². The van der Waals surface area contributed by atoms with Crippen molar-refractivity contribution in [3.63, 3.8) is 0 Å². The molecule has 3 rings (SSSR count). The van der Waals surface area contributed by atoms with Gasteiger partial charge in [-0.05, 0) is 38.5 Å². The van der Waals surface area contributed by atoms with Crippen LogP contribution in [0.5, 0.6) is 0 Å². The zero-order valence-corrected chi connectivity index (χ0v) is 17.3. The number of rotatable bonds is 6. The average Bonchev–Trinajstić information content (AvgIpc) is 3.12. The van der Waals surface area contributed by atoms with Crippen LogP contribution >= 0.6 is 11.6 Å². The van der Waals surface area contributed by atoms with Crippen molar-refractivity contribution in [2.75, 3.05) is 31.5 Å². The number of carbonyl (C=O) groups excluding carboxylic acids is 1. The maximum atomic E-state index is 13.2. The number of benzene rings is 1. The van der Waals surface area contributed by atoms with E-state index in [1.54, 1.807) is 16.9 Å². The molecule has 28 heavy (non-hydrogen) atoms. The van der Waals surface area contributed by atoms with Crippen LogP contribution in [0.2, 0.25) is 5.02 Å². The number of hydrogen-bond donors (Lipinski definition) is 1. The Bertz CT molecular complexity index is 817. The third kappa shape index (κ3) is 4.90. The zero-order valence-electron chi connectivity index (χ0n) is 16.5. The first-order valence-corrected chi connectivity index (χ1v) is 9.97. The second-order valence-corrected chi connectivity index (χ2v) is 7.88. The molecule has 1 amide bonds. The summed E-state index contributed by atoms with van der Waals surface area (Å²) in [6, 6.07) is 6.29. The minimum atomic E-state index is -0.322. The van der Waals surface area contributed by atoms with Crippen LogP contribution in [0.15, 0.2) is 30.5 Å². The summed E-state index contributed by atoms with van der Waals surface area (Å²) in [6.45, 7) is 9.90. The van der Waals surface area contributed by atoms with Crippen LogP contribution in [-0.4, -0.2) is 57.7 Å². The highest BCUT2D eigenvalue weighted by Crippen LogP contribution is 2.20. The lowest BCUT2D eigenvalue weighted by Crippen LogP contribution is -2.52. The van der Waals surface area contributed by atoms with E-state index in [2.05, 4.69) is 20.2 Å². The molecule has 6 nitrogen and oxygen atoms in total. The molecule has 1 N–H and O–H groups in total. The molecule has 0 spiro atoms. The Morgan fingerprint density at radius 2 is 1.93 bits per heavy atom. The smallest absolute Gasteiger partial charge is 0.242 e. The summed E-state index contributed by atoms with van der Waals surface area (Å²) < 4.78 is 15.0. The van der Waals surface area contributed by atoms with Gasteiger partial charge >= 0.3 is 0 Å². The second kappa shape index (κ2) is 9.03. The van der Waals surface area contributed by atoms with Crippen LogP contribution in [0.3, 0.4) is 0 Å². The molecule has 2 aromatic rings. The number of aromatic nitrogens is 2. The molecule has 152 valence electrons. The average molecular weight is 408 g/mol. The van der Waals surface area contributed by atoms with E-state index in [-0.39, 0.29) is 23.8 Å². The fourth-order valence-corrected chi connectivity index (χ4v) is 3.65. The number of nitrogens with one attached hydrogen (secondary N) is 1. The quantitative estimate of drug-likeness (QED) is 0.797. The van der Waals surface area contributed by atoms with Gasteiger partial charge in [0.2, 0.25) is 5.91 Å². The third-order valence-corrected chi connectivity index (χ3v) is 5.51. The lowest BCUT2D eigenvalue weighted by atomic mass is 10.1. The minimum absolute atomic E-state index is 0.0302. The van der Waals surface area contributed by atoms with Gasteiger partial charge in [0.25, 0.3) is 0 Å². The number of amides is 1. The molecule has 1 aliphatic heterocycles. The standard InChI is InChI=1S/C20H27ClFN5O/c1-14(2)27-19(6-7-23-27)24-20(28)15(3)26-10-8-25(9-11-26)13-16-4-5-17(22)12-18(16)21/h4-7,12,14-15H,8-11,13H2,1-3H3,(H,24,28). The van der Waals surface area contributed by atoms with Gasteiger partial charge in [-0.25, -0.2) is 9.07 Å². The summed E-state index contributed by atoms with van der Waals surface area (Å²) in [5, 5.41) is 7.69. The highest BCUT2D eigenvalue weighted by Gasteiger charge is 2.26. The van der Waals surface area contributed by atoms with E-state index < -0.39 is 0 Å². The molecule has 1 aromatic heterocycles. The number of anilines is 1. The Morgan fingerprint density at radius 1 is 1.21 bits per heavy atom. The van der Waals surface area contributed by atoms with Gasteiger partial charge < -0.3 is 5.32 Å². The first-order valence-electron chi connectivity index (χ1n) is 9.60. The van der Waals surface area contributed by atoms with E-state index in [4.69, 9.17) is 11.6 Å². The molecular weight excluding hydrogens is 381 g/mol. The van der Waals surface area contributed by atoms with Crippen molar-refractivity contribution >= 4 is 23.3 Å². The van der Waals surface area contributed by atoms with Gasteiger partial charge in [-0.1, -0.05) is 17.7 Å². The van der Waals surface area contributed by atoms with Crippen LogP contribution in [-0.2, 0) is 11.3 Å². The third-order valence-electron chi connectivity index (χ3n) is 5.15. The van der Waals surface area contributed by atoms with Crippen molar-refractivity contribution in [3.05, 3.63) is 46.9 Å². The molecule has 1 fully saturated rings. The molecule has 1 atom stereocenters. The Labute approximate surface area is 170 Å². The van der Waals surface area contributed by atoms with E-state index in [1.807, 2.05) is 26.8 Å². The first-order chi connectivity index (χ1) is 13.3. The van der Waals surface area contributed by atoms with E-state index >= 15 is 0 Å². The number of halogens is 2. The number of carbonyl (C=O) groups is 1. The monoisotopic (exact) mass is 407 g/mol. The number of hydrogen-bond acceptors (Lipinski definition) is 4. The maximum absolute atomic E-state index is 13.2. The van der Waals surface area contributed by atoms with Gasteiger partial charge in [-0.15, -0.1) is 0 Å². The lowest BCUT2D eigenvalue weighted by molar-refractivity contribution is -0.121. The molecule has 1 aromatic carbocycles. The van der Waals surface area contributed by atoms with Crippen molar-refractivity contribution in [1.29, 1.82) is 0 Å². The molecule has 0 radical (unpaired) electrons.